The number of para-hydroxylation sites is 2. The van der Waals surface area contributed by atoms with Gasteiger partial charge in [0.1, 0.15) is 0 Å². The lowest BCUT2D eigenvalue weighted by Gasteiger charge is -2.34. The van der Waals surface area contributed by atoms with Crippen molar-refractivity contribution < 1.29 is 4.79 Å². The van der Waals surface area contributed by atoms with E-state index in [0.717, 1.165) is 44.5 Å². The summed E-state index contributed by atoms with van der Waals surface area (Å²) in [7, 11) is 0. The number of rotatable bonds is 6. The van der Waals surface area contributed by atoms with Gasteiger partial charge in [0, 0.05) is 22.0 Å². The lowest BCUT2D eigenvalue weighted by atomic mass is 10.1. The summed E-state index contributed by atoms with van der Waals surface area (Å²) in [6, 6.07) is 61.3. The van der Waals surface area contributed by atoms with Gasteiger partial charge in [0.25, 0.3) is 0 Å². The molecule has 0 aliphatic carbocycles. The number of amidine groups is 1. The van der Waals surface area contributed by atoms with Crippen LogP contribution in [-0.4, -0.2) is 16.4 Å². The van der Waals surface area contributed by atoms with E-state index in [2.05, 4.69) is 94.9 Å². The van der Waals surface area contributed by atoms with Crippen LogP contribution in [0.15, 0.2) is 187 Å². The highest BCUT2D eigenvalue weighted by Gasteiger charge is 2.31. The summed E-state index contributed by atoms with van der Waals surface area (Å²) in [5.74, 6) is 0.553. The number of hydrogen-bond donors (Lipinski definition) is 1. The van der Waals surface area contributed by atoms with E-state index in [0.29, 0.717) is 17.2 Å². The summed E-state index contributed by atoms with van der Waals surface area (Å²) in [6.07, 6.45) is 0. The average molecular weight is 646 g/mol. The SMILES string of the molecule is O=C1N(c2ccc(-c3ccccc3)cc2)N=C(c2ccc(-n3c4ccccc4c4ccccc43)cc2)NN1c1ccc(-c2ccccc2)cc1. The first kappa shape index (κ1) is 29.2. The van der Waals surface area contributed by atoms with Crippen molar-refractivity contribution in [3.63, 3.8) is 0 Å². The third kappa shape index (κ3) is 5.16. The number of hydrazone groups is 1. The molecule has 1 aliphatic heterocycles. The van der Waals surface area contributed by atoms with Gasteiger partial charge in [-0.3, -0.25) is 5.43 Å². The quantitative estimate of drug-likeness (QED) is 0.196. The minimum atomic E-state index is -0.310. The van der Waals surface area contributed by atoms with Crippen LogP contribution in [0.3, 0.4) is 0 Å². The van der Waals surface area contributed by atoms with Gasteiger partial charge in [-0.15, -0.1) is 5.10 Å². The van der Waals surface area contributed by atoms with Crippen molar-refractivity contribution in [3.8, 4) is 27.9 Å². The summed E-state index contributed by atoms with van der Waals surface area (Å²) in [5.41, 5.74) is 13.2. The van der Waals surface area contributed by atoms with Gasteiger partial charge >= 0.3 is 6.03 Å². The Labute approximate surface area is 289 Å². The Hall–Kier alpha value is -6.92. The number of hydrogen-bond acceptors (Lipinski definition) is 3. The molecule has 1 N–H and O–H groups in total. The summed E-state index contributed by atoms with van der Waals surface area (Å²) in [5, 5.41) is 10.3. The second-order valence-corrected chi connectivity index (χ2v) is 12.2. The maximum Gasteiger partial charge on any atom is 0.368 e. The van der Waals surface area contributed by atoms with E-state index in [1.54, 1.807) is 5.01 Å². The number of nitrogens with zero attached hydrogens (tertiary/aromatic N) is 4. The predicted molar refractivity (Wildman–Crippen MR) is 205 cm³/mol. The van der Waals surface area contributed by atoms with E-state index in [4.69, 9.17) is 5.10 Å². The van der Waals surface area contributed by atoms with Crippen LogP contribution in [0, 0.1) is 0 Å². The lowest BCUT2D eigenvalue weighted by Crippen LogP contribution is -2.56. The fourth-order valence-electron chi connectivity index (χ4n) is 6.71. The molecule has 0 unspecified atom stereocenters. The molecule has 0 fully saturated rings. The van der Waals surface area contributed by atoms with Crippen LogP contribution < -0.4 is 15.4 Å². The molecular weight excluding hydrogens is 615 g/mol. The molecule has 6 nitrogen and oxygen atoms in total. The lowest BCUT2D eigenvalue weighted by molar-refractivity contribution is 0.249. The van der Waals surface area contributed by atoms with Gasteiger partial charge in [-0.2, -0.15) is 5.01 Å². The number of amides is 2. The van der Waals surface area contributed by atoms with Crippen molar-refractivity contribution >= 4 is 45.0 Å². The Balaban J connectivity index is 1.10. The maximum absolute atomic E-state index is 14.2. The Morgan fingerprint density at radius 2 is 0.820 bits per heavy atom. The third-order valence-electron chi connectivity index (χ3n) is 9.22. The summed E-state index contributed by atoms with van der Waals surface area (Å²) in [4.78, 5) is 14.2. The van der Waals surface area contributed by atoms with Crippen LogP contribution in [0.2, 0.25) is 0 Å². The van der Waals surface area contributed by atoms with Crippen molar-refractivity contribution in [2.24, 2.45) is 5.10 Å². The Morgan fingerprint density at radius 3 is 1.36 bits per heavy atom. The molecule has 6 heteroatoms. The van der Waals surface area contributed by atoms with Gasteiger partial charge in [0.05, 0.1) is 22.4 Å². The van der Waals surface area contributed by atoms with Crippen molar-refractivity contribution in [3.05, 3.63) is 188 Å². The second kappa shape index (κ2) is 12.3. The first-order valence-electron chi connectivity index (χ1n) is 16.6. The molecule has 0 saturated heterocycles. The zero-order valence-corrected chi connectivity index (χ0v) is 27.0. The Bertz CT molecular complexity index is 2450. The molecule has 2 amide bonds. The minimum absolute atomic E-state index is 0.310. The summed E-state index contributed by atoms with van der Waals surface area (Å²) < 4.78 is 2.29. The van der Waals surface area contributed by atoms with E-state index in [9.17, 15) is 4.79 Å². The molecule has 7 aromatic carbocycles. The average Bonchev–Trinajstić information content (AvgIpc) is 3.53. The number of carbonyl (C=O) groups excluding carboxylic acids is 1. The first-order valence-corrected chi connectivity index (χ1v) is 16.6. The molecule has 0 atom stereocenters. The van der Waals surface area contributed by atoms with Crippen molar-refractivity contribution in [1.29, 1.82) is 0 Å². The first-order chi connectivity index (χ1) is 24.7. The monoisotopic (exact) mass is 645 g/mol. The zero-order valence-electron chi connectivity index (χ0n) is 27.0. The van der Waals surface area contributed by atoms with E-state index < -0.39 is 0 Å². The third-order valence-corrected chi connectivity index (χ3v) is 9.22. The van der Waals surface area contributed by atoms with Crippen LogP contribution in [0.25, 0.3) is 49.7 Å². The van der Waals surface area contributed by atoms with Gasteiger partial charge in [0.2, 0.25) is 0 Å². The molecule has 0 bridgehead atoms. The van der Waals surface area contributed by atoms with Gasteiger partial charge in [-0.1, -0.05) is 121 Å². The zero-order chi connectivity index (χ0) is 33.4. The largest absolute Gasteiger partial charge is 0.368 e. The number of hydrazine groups is 1. The van der Waals surface area contributed by atoms with Gasteiger partial charge in [-0.25, -0.2) is 9.80 Å². The van der Waals surface area contributed by atoms with Crippen molar-refractivity contribution in [1.82, 2.24) is 9.99 Å². The van der Waals surface area contributed by atoms with Crippen LogP contribution in [0.1, 0.15) is 5.56 Å². The Kier molecular flexibility index (Phi) is 7.17. The summed E-state index contributed by atoms with van der Waals surface area (Å²) in [6.45, 7) is 0. The maximum atomic E-state index is 14.2. The second-order valence-electron chi connectivity index (χ2n) is 12.2. The standard InChI is InChI=1S/C44H31N5O/c50-44-48(37-27-19-33(20-28-37)31-11-3-1-4-12-31)45-43(46-49(44)38-29-21-34(22-30-38)32-13-5-2-6-14-32)35-23-25-36(26-24-35)47-41-17-9-7-15-39(41)40-16-8-10-18-42(40)47/h1-30H,(H,45,46). The number of benzene rings is 7. The van der Waals surface area contributed by atoms with Gasteiger partial charge < -0.3 is 4.57 Å². The normalized spacial score (nSPS) is 13.0. The van der Waals surface area contributed by atoms with Crippen molar-refractivity contribution in [2.45, 2.75) is 0 Å². The van der Waals surface area contributed by atoms with Gasteiger partial charge in [-0.05, 0) is 82.9 Å². The number of anilines is 2. The topological polar surface area (TPSA) is 52.9 Å². The number of aromatic nitrogens is 1. The minimum Gasteiger partial charge on any atom is -0.309 e. The molecule has 9 rings (SSSR count). The molecule has 50 heavy (non-hydrogen) atoms. The number of carbonyl (C=O) groups is 1. The van der Waals surface area contributed by atoms with Crippen LogP contribution >= 0.6 is 0 Å². The van der Waals surface area contributed by atoms with Crippen molar-refractivity contribution in [2.75, 3.05) is 10.0 Å². The summed E-state index contributed by atoms with van der Waals surface area (Å²) >= 11 is 0. The number of urea groups is 1. The van der Waals surface area contributed by atoms with Crippen LogP contribution in [0.4, 0.5) is 16.2 Å². The van der Waals surface area contributed by atoms with E-state index in [1.165, 1.54) is 15.8 Å². The highest BCUT2D eigenvalue weighted by atomic mass is 16.2. The molecule has 238 valence electrons. The fourth-order valence-corrected chi connectivity index (χ4v) is 6.71. The Morgan fingerprint density at radius 1 is 0.400 bits per heavy atom. The molecule has 0 saturated carbocycles. The van der Waals surface area contributed by atoms with Gasteiger partial charge in [0.15, 0.2) is 5.84 Å². The molecule has 1 aromatic heterocycles. The fraction of sp³-hybridized carbons (Fsp3) is 0. The molecule has 2 heterocycles. The highest BCUT2D eigenvalue weighted by molar-refractivity contribution is 6.13. The number of nitrogens with one attached hydrogen (secondary N) is 1. The highest BCUT2D eigenvalue weighted by Crippen LogP contribution is 2.33. The smallest absolute Gasteiger partial charge is 0.309 e. The number of fused-ring (bicyclic) bond motifs is 3. The molecule has 8 aromatic rings. The van der Waals surface area contributed by atoms with E-state index >= 15 is 0 Å². The molecule has 0 radical (unpaired) electrons. The van der Waals surface area contributed by atoms with E-state index in [1.807, 2.05) is 97.1 Å². The van der Waals surface area contributed by atoms with Crippen LogP contribution in [0.5, 0.6) is 0 Å². The van der Waals surface area contributed by atoms with E-state index in [-0.39, 0.29) is 6.03 Å². The predicted octanol–water partition coefficient (Wildman–Crippen LogP) is 10.4. The molecular formula is C44H31N5O. The van der Waals surface area contributed by atoms with Crippen LogP contribution in [-0.2, 0) is 0 Å². The molecule has 0 spiro atoms. The molecule has 1 aliphatic rings.